The number of rotatable bonds is 5. The molecule has 2 rings (SSSR count). The normalized spacial score (nSPS) is 17.0. The quantitative estimate of drug-likeness (QED) is 0.846. The molecule has 2 N–H and O–H groups in total. The van der Waals surface area contributed by atoms with Gasteiger partial charge in [0.2, 0.25) is 0 Å². The highest BCUT2D eigenvalue weighted by atomic mass is 32.1. The average Bonchev–Trinajstić information content (AvgIpc) is 2.97. The number of hydrogen-bond donors (Lipinski definition) is 1. The van der Waals surface area contributed by atoms with Crippen LogP contribution in [0.15, 0.2) is 5.38 Å². The summed E-state index contributed by atoms with van der Waals surface area (Å²) in [6, 6.07) is 0.624. The third kappa shape index (κ3) is 4.24. The van der Waals surface area contributed by atoms with Crippen LogP contribution in [-0.2, 0) is 12.0 Å². The molecule has 0 atom stereocenters. The van der Waals surface area contributed by atoms with Gasteiger partial charge in [-0.25, -0.2) is 4.98 Å². The summed E-state index contributed by atoms with van der Waals surface area (Å²) in [7, 11) is 0. The molecule has 0 spiro atoms. The lowest BCUT2D eigenvalue weighted by molar-refractivity contribution is 0.218. The van der Waals surface area contributed by atoms with Crippen molar-refractivity contribution >= 4 is 28.5 Å². The second kappa shape index (κ2) is 6.50. The largest absolute Gasteiger partial charge is 0.392 e. The maximum atomic E-state index is 5.76. The van der Waals surface area contributed by atoms with E-state index in [2.05, 4.69) is 31.1 Å². The molecule has 1 aliphatic carbocycles. The zero-order valence-corrected chi connectivity index (χ0v) is 14.3. The van der Waals surface area contributed by atoms with Crippen LogP contribution < -0.4 is 5.73 Å². The van der Waals surface area contributed by atoms with Crippen molar-refractivity contribution in [3.8, 4) is 0 Å². The fourth-order valence-electron chi connectivity index (χ4n) is 2.69. The number of hydrogen-bond acceptors (Lipinski definition) is 4. The molecule has 0 amide bonds. The molecule has 0 aromatic carbocycles. The van der Waals surface area contributed by atoms with Crippen LogP contribution in [0.25, 0.3) is 0 Å². The Bertz CT molecular complexity index is 456. The lowest BCUT2D eigenvalue weighted by atomic mass is 9.93. The second-order valence-electron chi connectivity index (χ2n) is 6.69. The van der Waals surface area contributed by atoms with Gasteiger partial charge in [-0.2, -0.15) is 0 Å². The van der Waals surface area contributed by atoms with Gasteiger partial charge in [0, 0.05) is 23.4 Å². The first-order valence-electron chi connectivity index (χ1n) is 7.33. The molecule has 112 valence electrons. The molecule has 1 aromatic rings. The number of thiocarbonyl (C=S) groups is 1. The van der Waals surface area contributed by atoms with E-state index >= 15 is 0 Å². The van der Waals surface area contributed by atoms with Crippen molar-refractivity contribution in [3.05, 3.63) is 16.1 Å². The summed E-state index contributed by atoms with van der Waals surface area (Å²) in [6.07, 6.45) is 5.17. The Balaban J connectivity index is 2.06. The maximum absolute atomic E-state index is 5.76. The van der Waals surface area contributed by atoms with Crippen LogP contribution in [0.1, 0.15) is 57.2 Å². The molecule has 1 aromatic heterocycles. The number of nitrogens with zero attached hydrogens (tertiary/aromatic N) is 2. The van der Waals surface area contributed by atoms with Gasteiger partial charge >= 0.3 is 0 Å². The van der Waals surface area contributed by atoms with E-state index in [1.54, 1.807) is 11.3 Å². The van der Waals surface area contributed by atoms with Gasteiger partial charge in [0.15, 0.2) is 0 Å². The van der Waals surface area contributed by atoms with Crippen molar-refractivity contribution in [2.45, 2.75) is 64.5 Å². The lowest BCUT2D eigenvalue weighted by Gasteiger charge is -2.27. The minimum absolute atomic E-state index is 0.121. The van der Waals surface area contributed by atoms with Crippen molar-refractivity contribution < 1.29 is 0 Å². The molecule has 1 aliphatic rings. The summed E-state index contributed by atoms with van der Waals surface area (Å²) >= 11 is 6.86. The molecule has 20 heavy (non-hydrogen) atoms. The Labute approximate surface area is 131 Å². The van der Waals surface area contributed by atoms with E-state index in [9.17, 15) is 0 Å². The molecule has 1 fully saturated rings. The molecule has 0 aliphatic heterocycles. The highest BCUT2D eigenvalue weighted by Gasteiger charge is 2.25. The summed E-state index contributed by atoms with van der Waals surface area (Å²) in [5, 5.41) is 3.36. The summed E-state index contributed by atoms with van der Waals surface area (Å²) in [5.74, 6) is 0. The Kier molecular flexibility index (Phi) is 5.15. The number of thiazole rings is 1. The first-order chi connectivity index (χ1) is 9.36. The van der Waals surface area contributed by atoms with Gasteiger partial charge in [-0.05, 0) is 12.8 Å². The molecule has 3 nitrogen and oxygen atoms in total. The molecule has 0 bridgehead atoms. The van der Waals surface area contributed by atoms with Gasteiger partial charge in [0.05, 0.1) is 17.2 Å². The van der Waals surface area contributed by atoms with Gasteiger partial charge in [0.25, 0.3) is 0 Å². The van der Waals surface area contributed by atoms with Gasteiger partial charge in [0.1, 0.15) is 5.01 Å². The Morgan fingerprint density at radius 2 is 2.10 bits per heavy atom. The highest BCUT2D eigenvalue weighted by Crippen LogP contribution is 2.28. The molecule has 0 radical (unpaired) electrons. The Morgan fingerprint density at radius 3 is 2.60 bits per heavy atom. The van der Waals surface area contributed by atoms with Crippen LogP contribution in [0.5, 0.6) is 0 Å². The third-order valence-electron chi connectivity index (χ3n) is 3.86. The van der Waals surface area contributed by atoms with Crippen LogP contribution in [0.2, 0.25) is 0 Å². The third-order valence-corrected chi connectivity index (χ3v) is 4.82. The Morgan fingerprint density at radius 1 is 1.45 bits per heavy atom. The molecular formula is C15H25N3S2. The van der Waals surface area contributed by atoms with Crippen LogP contribution in [-0.4, -0.2) is 27.5 Å². The van der Waals surface area contributed by atoms with E-state index in [1.807, 2.05) is 0 Å². The molecule has 1 heterocycles. The highest BCUT2D eigenvalue weighted by molar-refractivity contribution is 7.80. The van der Waals surface area contributed by atoms with Crippen molar-refractivity contribution in [1.29, 1.82) is 0 Å². The number of aromatic nitrogens is 1. The van der Waals surface area contributed by atoms with Crippen LogP contribution in [0.3, 0.4) is 0 Å². The average molecular weight is 312 g/mol. The lowest BCUT2D eigenvalue weighted by Crippen LogP contribution is -2.38. The smallest absolute Gasteiger partial charge is 0.107 e. The van der Waals surface area contributed by atoms with E-state index < -0.39 is 0 Å². The monoisotopic (exact) mass is 311 g/mol. The standard InChI is InChI=1S/C15H25N3S2/c1-15(2,3)12-10-20-14(17-12)9-18(8-13(16)19)11-6-4-5-7-11/h10-11H,4-9H2,1-3H3,(H2,16,19). The first-order valence-corrected chi connectivity index (χ1v) is 8.62. The van der Waals surface area contributed by atoms with Gasteiger partial charge in [-0.15, -0.1) is 11.3 Å². The molecule has 0 unspecified atom stereocenters. The predicted octanol–water partition coefficient (Wildman–Crippen LogP) is 3.47. The topological polar surface area (TPSA) is 42.1 Å². The SMILES string of the molecule is CC(C)(C)c1csc(CN(CC(N)=S)C2CCCC2)n1. The summed E-state index contributed by atoms with van der Waals surface area (Å²) < 4.78 is 0. The van der Waals surface area contributed by atoms with Crippen molar-refractivity contribution in [1.82, 2.24) is 9.88 Å². The van der Waals surface area contributed by atoms with Crippen LogP contribution >= 0.6 is 23.6 Å². The van der Waals surface area contributed by atoms with E-state index in [1.165, 1.54) is 36.4 Å². The fraction of sp³-hybridized carbons (Fsp3) is 0.733. The first kappa shape index (κ1) is 15.9. The van der Waals surface area contributed by atoms with Crippen LogP contribution in [0, 0.1) is 0 Å². The molecule has 5 heteroatoms. The van der Waals surface area contributed by atoms with E-state index in [0.29, 0.717) is 17.6 Å². The predicted molar refractivity (Wildman–Crippen MR) is 90.3 cm³/mol. The van der Waals surface area contributed by atoms with Crippen molar-refractivity contribution in [3.63, 3.8) is 0 Å². The Hall–Kier alpha value is -0.520. The minimum Gasteiger partial charge on any atom is -0.392 e. The van der Waals surface area contributed by atoms with E-state index in [-0.39, 0.29) is 5.41 Å². The van der Waals surface area contributed by atoms with E-state index in [4.69, 9.17) is 22.9 Å². The zero-order valence-electron chi connectivity index (χ0n) is 12.7. The van der Waals surface area contributed by atoms with Crippen molar-refractivity contribution in [2.75, 3.05) is 6.54 Å². The molecular weight excluding hydrogens is 286 g/mol. The number of nitrogens with two attached hydrogens (primary N) is 1. The maximum Gasteiger partial charge on any atom is 0.107 e. The van der Waals surface area contributed by atoms with Crippen LogP contribution in [0.4, 0.5) is 0 Å². The minimum atomic E-state index is 0.121. The van der Waals surface area contributed by atoms with E-state index in [0.717, 1.165) is 6.54 Å². The van der Waals surface area contributed by atoms with Gasteiger partial charge < -0.3 is 5.73 Å². The summed E-state index contributed by atoms with van der Waals surface area (Å²) in [5.41, 5.74) is 7.06. The van der Waals surface area contributed by atoms with Gasteiger partial charge in [-0.3, -0.25) is 4.90 Å². The van der Waals surface area contributed by atoms with Gasteiger partial charge in [-0.1, -0.05) is 45.8 Å². The summed E-state index contributed by atoms with van der Waals surface area (Å²) in [6.45, 7) is 8.20. The summed E-state index contributed by atoms with van der Waals surface area (Å²) in [4.78, 5) is 7.80. The fourth-order valence-corrected chi connectivity index (χ4v) is 3.90. The zero-order chi connectivity index (χ0) is 14.8. The molecule has 0 saturated heterocycles. The van der Waals surface area contributed by atoms with Crippen molar-refractivity contribution in [2.24, 2.45) is 5.73 Å². The molecule has 1 saturated carbocycles. The second-order valence-corrected chi connectivity index (χ2v) is 8.15.